The number of hydrogen-bond donors (Lipinski definition) is 2. The van der Waals surface area contributed by atoms with Crippen LogP contribution >= 0.6 is 0 Å². The van der Waals surface area contributed by atoms with Crippen LogP contribution in [-0.4, -0.2) is 31.0 Å². The molecule has 1 fully saturated rings. The molecule has 0 radical (unpaired) electrons. The van der Waals surface area contributed by atoms with Gasteiger partial charge in [-0.25, -0.2) is 4.39 Å². The number of carbonyl (C=O) groups excluding carboxylic acids is 2. The first kappa shape index (κ1) is 25.4. The van der Waals surface area contributed by atoms with E-state index in [4.69, 9.17) is 4.74 Å². The van der Waals surface area contributed by atoms with Crippen molar-refractivity contribution in [2.45, 2.75) is 50.0 Å². The molecule has 2 N–H and O–H groups in total. The number of carbonyl (C=O) groups is 2. The van der Waals surface area contributed by atoms with Crippen molar-refractivity contribution < 1.29 is 18.7 Å². The zero-order valence-corrected chi connectivity index (χ0v) is 20.6. The second-order valence-electron chi connectivity index (χ2n) is 9.48. The Labute approximate surface area is 212 Å². The third-order valence-corrected chi connectivity index (χ3v) is 7.01. The number of benzene rings is 3. The van der Waals surface area contributed by atoms with Crippen LogP contribution in [0, 0.1) is 5.82 Å². The molecule has 0 spiro atoms. The molecular weight excluding hydrogens is 455 g/mol. The van der Waals surface area contributed by atoms with Crippen LogP contribution < -0.4 is 15.4 Å². The van der Waals surface area contributed by atoms with E-state index in [0.717, 1.165) is 6.42 Å². The van der Waals surface area contributed by atoms with Gasteiger partial charge >= 0.3 is 0 Å². The average Bonchev–Trinajstić information content (AvgIpc) is 3.28. The molecule has 0 unspecified atom stereocenters. The maximum atomic E-state index is 14.6. The minimum Gasteiger partial charge on any atom is -0.497 e. The smallest absolute Gasteiger partial charge is 0.220 e. The minimum atomic E-state index is -0.625. The summed E-state index contributed by atoms with van der Waals surface area (Å²) in [6.45, 7) is 0.541. The van der Waals surface area contributed by atoms with Crippen LogP contribution in [-0.2, 0) is 16.0 Å². The van der Waals surface area contributed by atoms with E-state index >= 15 is 0 Å². The Bertz CT molecular complexity index is 1130. The Balaban J connectivity index is 1.35. The fourth-order valence-corrected chi connectivity index (χ4v) is 5.04. The van der Waals surface area contributed by atoms with Gasteiger partial charge in [0.15, 0.2) is 0 Å². The highest BCUT2D eigenvalue weighted by molar-refractivity contribution is 5.80. The quantitative estimate of drug-likeness (QED) is 0.393. The second-order valence-corrected chi connectivity index (χ2v) is 9.48. The molecule has 36 heavy (non-hydrogen) atoms. The van der Waals surface area contributed by atoms with E-state index < -0.39 is 5.54 Å². The molecule has 0 bridgehead atoms. The first-order valence-corrected chi connectivity index (χ1v) is 12.5. The molecule has 0 aliphatic carbocycles. The predicted octanol–water partition coefficient (Wildman–Crippen LogP) is 5.14. The summed E-state index contributed by atoms with van der Waals surface area (Å²) in [5.74, 6) is 0.145. The van der Waals surface area contributed by atoms with Crippen molar-refractivity contribution in [3.8, 4) is 5.75 Å². The highest BCUT2D eigenvalue weighted by Crippen LogP contribution is 2.31. The standard InChI is InChI=1S/C30H33FN2O3/c1-36-25-13-12-24(27(31)20-25)21-30(18-15-29(35)33-30)17-14-28(34)32-19-16-26(22-8-4-2-5-9-22)23-10-6-3-7-11-23/h2-13,20,26H,14-19,21H2,1H3,(H,32,34)(H,33,35)/t30-/m1/s1. The Hall–Kier alpha value is -3.67. The van der Waals surface area contributed by atoms with Crippen LogP contribution in [0.25, 0.3) is 0 Å². The van der Waals surface area contributed by atoms with E-state index in [9.17, 15) is 14.0 Å². The molecule has 1 saturated heterocycles. The monoisotopic (exact) mass is 488 g/mol. The van der Waals surface area contributed by atoms with Crippen molar-refractivity contribution >= 4 is 11.8 Å². The fraction of sp³-hybridized carbons (Fsp3) is 0.333. The van der Waals surface area contributed by atoms with Gasteiger partial charge < -0.3 is 15.4 Å². The SMILES string of the molecule is COc1ccc(C[C@@]2(CCC(=O)NCCC(c3ccccc3)c3ccccc3)CCC(=O)N2)c(F)c1. The number of rotatable bonds is 11. The van der Waals surface area contributed by atoms with Crippen molar-refractivity contribution in [1.29, 1.82) is 0 Å². The van der Waals surface area contributed by atoms with Gasteiger partial charge in [0.05, 0.1) is 7.11 Å². The van der Waals surface area contributed by atoms with Gasteiger partial charge in [0, 0.05) is 36.9 Å². The third-order valence-electron chi connectivity index (χ3n) is 7.01. The van der Waals surface area contributed by atoms with Crippen LogP contribution in [0.2, 0.25) is 0 Å². The Kier molecular flexibility index (Phi) is 8.36. The first-order chi connectivity index (χ1) is 17.5. The van der Waals surface area contributed by atoms with Crippen LogP contribution in [0.15, 0.2) is 78.9 Å². The lowest BCUT2D eigenvalue weighted by Crippen LogP contribution is -2.44. The zero-order valence-electron chi connectivity index (χ0n) is 20.6. The van der Waals surface area contributed by atoms with Gasteiger partial charge in [-0.2, -0.15) is 0 Å². The maximum Gasteiger partial charge on any atom is 0.220 e. The molecule has 6 heteroatoms. The van der Waals surface area contributed by atoms with E-state index in [0.29, 0.717) is 43.5 Å². The van der Waals surface area contributed by atoms with Gasteiger partial charge in [0.25, 0.3) is 0 Å². The third kappa shape index (κ3) is 6.51. The van der Waals surface area contributed by atoms with Crippen molar-refractivity contribution in [3.05, 3.63) is 101 Å². The highest BCUT2D eigenvalue weighted by atomic mass is 19.1. The minimum absolute atomic E-state index is 0.0575. The van der Waals surface area contributed by atoms with Crippen LogP contribution in [0.3, 0.4) is 0 Å². The lowest BCUT2D eigenvalue weighted by molar-refractivity contribution is -0.122. The molecule has 1 heterocycles. The summed E-state index contributed by atoms with van der Waals surface area (Å²) in [4.78, 5) is 24.8. The van der Waals surface area contributed by atoms with Gasteiger partial charge in [-0.15, -0.1) is 0 Å². The molecule has 1 aliphatic heterocycles. The number of amides is 2. The summed E-state index contributed by atoms with van der Waals surface area (Å²) in [6, 6.07) is 25.3. The average molecular weight is 489 g/mol. The van der Waals surface area contributed by atoms with Crippen molar-refractivity contribution in [2.75, 3.05) is 13.7 Å². The van der Waals surface area contributed by atoms with Crippen LogP contribution in [0.1, 0.15) is 54.7 Å². The number of nitrogens with one attached hydrogen (secondary N) is 2. The highest BCUT2D eigenvalue weighted by Gasteiger charge is 2.38. The topological polar surface area (TPSA) is 67.4 Å². The van der Waals surface area contributed by atoms with Crippen molar-refractivity contribution in [2.24, 2.45) is 0 Å². The van der Waals surface area contributed by atoms with Crippen molar-refractivity contribution in [1.82, 2.24) is 10.6 Å². The molecule has 5 nitrogen and oxygen atoms in total. The van der Waals surface area contributed by atoms with Crippen LogP contribution in [0.5, 0.6) is 5.75 Å². The molecule has 4 rings (SSSR count). The van der Waals surface area contributed by atoms with Gasteiger partial charge in [-0.3, -0.25) is 9.59 Å². The summed E-state index contributed by atoms with van der Waals surface area (Å²) >= 11 is 0. The largest absolute Gasteiger partial charge is 0.497 e. The Morgan fingerprint density at radius 1 is 1.06 bits per heavy atom. The first-order valence-electron chi connectivity index (χ1n) is 12.5. The van der Waals surface area contributed by atoms with E-state index in [1.165, 1.54) is 24.3 Å². The molecular formula is C30H33FN2O3. The van der Waals surface area contributed by atoms with E-state index in [1.54, 1.807) is 12.1 Å². The van der Waals surface area contributed by atoms with Gasteiger partial charge in [-0.05, 0) is 48.4 Å². The van der Waals surface area contributed by atoms with Crippen molar-refractivity contribution in [3.63, 3.8) is 0 Å². The van der Waals surface area contributed by atoms with Gasteiger partial charge in [-0.1, -0.05) is 66.7 Å². The van der Waals surface area contributed by atoms with Crippen LogP contribution in [0.4, 0.5) is 4.39 Å². The molecule has 0 saturated carbocycles. The summed E-state index contributed by atoms with van der Waals surface area (Å²) in [7, 11) is 1.49. The summed E-state index contributed by atoms with van der Waals surface area (Å²) in [6.07, 6.45) is 2.80. The number of methoxy groups -OCH3 is 1. The van der Waals surface area contributed by atoms with E-state index in [1.807, 2.05) is 36.4 Å². The number of halogens is 1. The molecule has 3 aromatic rings. The predicted molar refractivity (Wildman–Crippen MR) is 138 cm³/mol. The lowest BCUT2D eigenvalue weighted by atomic mass is 9.84. The Morgan fingerprint density at radius 2 is 1.72 bits per heavy atom. The number of hydrogen-bond acceptors (Lipinski definition) is 3. The second kappa shape index (κ2) is 11.8. The summed E-state index contributed by atoms with van der Waals surface area (Å²) in [5.41, 5.74) is 2.31. The molecule has 0 aromatic heterocycles. The molecule has 3 aromatic carbocycles. The lowest BCUT2D eigenvalue weighted by Gasteiger charge is -2.29. The molecule has 1 aliphatic rings. The number of ether oxygens (including phenoxy) is 1. The van der Waals surface area contributed by atoms with Gasteiger partial charge in [0.1, 0.15) is 11.6 Å². The normalized spacial score (nSPS) is 17.1. The zero-order chi connectivity index (χ0) is 25.4. The molecule has 2 amide bonds. The van der Waals surface area contributed by atoms with E-state index in [-0.39, 0.29) is 30.0 Å². The van der Waals surface area contributed by atoms with Gasteiger partial charge in [0.2, 0.25) is 11.8 Å². The fourth-order valence-electron chi connectivity index (χ4n) is 5.04. The Morgan fingerprint density at radius 3 is 2.28 bits per heavy atom. The van der Waals surface area contributed by atoms with E-state index in [2.05, 4.69) is 34.9 Å². The summed E-state index contributed by atoms with van der Waals surface area (Å²) in [5, 5.41) is 6.08. The maximum absolute atomic E-state index is 14.6. The summed E-state index contributed by atoms with van der Waals surface area (Å²) < 4.78 is 19.7. The molecule has 1 atom stereocenters. The molecule has 188 valence electrons.